The Morgan fingerprint density at radius 1 is 1.25 bits per heavy atom. The normalized spacial score (nSPS) is 21.6. The highest BCUT2D eigenvalue weighted by molar-refractivity contribution is 7.95. The van der Waals surface area contributed by atoms with E-state index in [2.05, 4.69) is 10.2 Å². The van der Waals surface area contributed by atoms with Crippen molar-refractivity contribution in [2.45, 2.75) is 11.4 Å². The van der Waals surface area contributed by atoms with Crippen LogP contribution in [0, 0.1) is 0 Å². The molecule has 0 atom stereocenters. The van der Waals surface area contributed by atoms with Gasteiger partial charge in [0, 0.05) is 39.3 Å². The van der Waals surface area contributed by atoms with Crippen molar-refractivity contribution in [3.8, 4) is 0 Å². The van der Waals surface area contributed by atoms with E-state index in [0.717, 1.165) is 37.3 Å². The molecule has 0 spiro atoms. The van der Waals surface area contributed by atoms with Crippen molar-refractivity contribution in [1.29, 1.82) is 0 Å². The molecule has 0 amide bonds. The maximum atomic E-state index is 12.6. The van der Waals surface area contributed by atoms with Crippen molar-refractivity contribution in [3.05, 3.63) is 34.2 Å². The second kappa shape index (κ2) is 5.29. The molecule has 1 aromatic carbocycles. The van der Waals surface area contributed by atoms with E-state index < -0.39 is 9.84 Å². The van der Waals surface area contributed by atoms with Gasteiger partial charge in [-0.15, -0.1) is 0 Å². The molecule has 108 valence electrons. The minimum Gasteiger partial charge on any atom is -0.326 e. The molecular formula is C14H19N3O2S. The first-order valence-electron chi connectivity index (χ1n) is 6.83. The van der Waals surface area contributed by atoms with Gasteiger partial charge in [-0.3, -0.25) is 4.90 Å². The van der Waals surface area contributed by atoms with Crippen molar-refractivity contribution in [1.82, 2.24) is 10.2 Å². The van der Waals surface area contributed by atoms with Gasteiger partial charge >= 0.3 is 0 Å². The minimum absolute atomic E-state index is 0.357. The monoisotopic (exact) mass is 293 g/mol. The van der Waals surface area contributed by atoms with Crippen LogP contribution >= 0.6 is 0 Å². The number of nitrogens with one attached hydrogen (secondary N) is 1. The van der Waals surface area contributed by atoms with Crippen molar-refractivity contribution < 1.29 is 8.42 Å². The lowest BCUT2D eigenvalue weighted by Crippen LogP contribution is -2.44. The lowest BCUT2D eigenvalue weighted by Gasteiger charge is -2.27. The zero-order valence-corrected chi connectivity index (χ0v) is 12.1. The third-order valence-electron chi connectivity index (χ3n) is 3.91. The first-order chi connectivity index (χ1) is 9.63. The molecule has 0 saturated carbocycles. The summed E-state index contributed by atoms with van der Waals surface area (Å²) in [6.07, 6.45) is 1.80. The van der Waals surface area contributed by atoms with Crippen LogP contribution < -0.4 is 11.1 Å². The quantitative estimate of drug-likeness (QED) is 0.831. The van der Waals surface area contributed by atoms with E-state index in [0.29, 0.717) is 22.9 Å². The first kappa shape index (κ1) is 13.8. The third-order valence-corrected chi connectivity index (χ3v) is 5.78. The molecule has 0 aliphatic carbocycles. The predicted molar refractivity (Wildman–Crippen MR) is 78.8 cm³/mol. The molecule has 0 bridgehead atoms. The molecule has 0 aromatic heterocycles. The summed E-state index contributed by atoms with van der Waals surface area (Å²) in [7, 11) is -3.33. The number of hydrogen-bond acceptors (Lipinski definition) is 5. The largest absolute Gasteiger partial charge is 0.326 e. The Bertz CT molecular complexity index is 646. The maximum absolute atomic E-state index is 12.6. The van der Waals surface area contributed by atoms with E-state index in [1.807, 2.05) is 6.07 Å². The van der Waals surface area contributed by atoms with Crippen LogP contribution in [-0.4, -0.2) is 46.0 Å². The van der Waals surface area contributed by atoms with Gasteiger partial charge in [0.25, 0.3) is 0 Å². The molecule has 1 fully saturated rings. The Balaban J connectivity index is 1.93. The highest BCUT2D eigenvalue weighted by Gasteiger charge is 2.31. The lowest BCUT2D eigenvalue weighted by atomic mass is 10.1. The number of sulfone groups is 1. The van der Waals surface area contributed by atoms with Crippen LogP contribution in [0.1, 0.15) is 11.1 Å². The second-order valence-electron chi connectivity index (χ2n) is 5.17. The molecule has 6 heteroatoms. The van der Waals surface area contributed by atoms with Crippen LogP contribution in [0.4, 0.5) is 0 Å². The Morgan fingerprint density at radius 2 is 2.00 bits per heavy atom. The van der Waals surface area contributed by atoms with Crippen molar-refractivity contribution in [3.63, 3.8) is 0 Å². The number of hydrogen-bond donors (Lipinski definition) is 2. The smallest absolute Gasteiger partial charge is 0.204 e. The fourth-order valence-electron chi connectivity index (χ4n) is 2.77. The number of nitrogens with two attached hydrogens (primary N) is 1. The molecule has 20 heavy (non-hydrogen) atoms. The maximum Gasteiger partial charge on any atom is 0.204 e. The molecule has 1 aromatic rings. The molecule has 2 heterocycles. The average Bonchev–Trinajstić information content (AvgIpc) is 2.72. The standard InChI is InChI=1S/C14H19N3O2S/c15-9-11-2-1-3-14-13(11)8-12(20(14,18)19)10-17-6-4-16-5-7-17/h1-3,8,16H,4-7,9-10,15H2. The van der Waals surface area contributed by atoms with Crippen molar-refractivity contribution >= 4 is 15.9 Å². The van der Waals surface area contributed by atoms with Gasteiger partial charge in [0.15, 0.2) is 0 Å². The molecule has 0 radical (unpaired) electrons. The number of benzene rings is 1. The molecule has 0 unspecified atom stereocenters. The first-order valence-corrected chi connectivity index (χ1v) is 8.32. The summed E-state index contributed by atoms with van der Waals surface area (Å²) in [5.74, 6) is 0. The fourth-order valence-corrected chi connectivity index (χ4v) is 4.41. The van der Waals surface area contributed by atoms with Gasteiger partial charge in [0.05, 0.1) is 9.80 Å². The summed E-state index contributed by atoms with van der Waals surface area (Å²) in [6.45, 7) is 4.43. The summed E-state index contributed by atoms with van der Waals surface area (Å²) in [6, 6.07) is 5.32. The molecule has 5 nitrogen and oxygen atoms in total. The van der Waals surface area contributed by atoms with Crippen LogP contribution in [0.2, 0.25) is 0 Å². The van der Waals surface area contributed by atoms with Gasteiger partial charge in [-0.05, 0) is 23.3 Å². The SMILES string of the molecule is NCc1cccc2c1C=C(CN1CCNCC1)S2(=O)=O. The van der Waals surface area contributed by atoms with E-state index in [1.54, 1.807) is 18.2 Å². The van der Waals surface area contributed by atoms with Crippen LogP contribution in [-0.2, 0) is 16.4 Å². The number of nitrogens with zero attached hydrogens (tertiary/aromatic N) is 1. The summed E-state index contributed by atoms with van der Waals surface area (Å²) in [4.78, 5) is 3.08. The van der Waals surface area contributed by atoms with Crippen molar-refractivity contribution in [2.75, 3.05) is 32.7 Å². The fraction of sp³-hybridized carbons (Fsp3) is 0.429. The zero-order chi connectivity index (χ0) is 14.2. The zero-order valence-electron chi connectivity index (χ0n) is 11.3. The summed E-state index contributed by atoms with van der Waals surface area (Å²) < 4.78 is 25.1. The Labute approximate surface area is 119 Å². The van der Waals surface area contributed by atoms with Gasteiger partial charge in [-0.1, -0.05) is 12.1 Å². The molecule has 3 N–H and O–H groups in total. The van der Waals surface area contributed by atoms with E-state index in [4.69, 9.17) is 5.73 Å². The Hall–Kier alpha value is -1.21. The highest BCUT2D eigenvalue weighted by atomic mass is 32.2. The van der Waals surface area contributed by atoms with Gasteiger partial charge in [0.2, 0.25) is 9.84 Å². The minimum atomic E-state index is -3.33. The van der Waals surface area contributed by atoms with Crippen LogP contribution in [0.5, 0.6) is 0 Å². The van der Waals surface area contributed by atoms with Gasteiger partial charge in [-0.2, -0.15) is 0 Å². The van der Waals surface area contributed by atoms with E-state index in [9.17, 15) is 8.42 Å². The van der Waals surface area contributed by atoms with Crippen LogP contribution in [0.3, 0.4) is 0 Å². The number of piperazine rings is 1. The van der Waals surface area contributed by atoms with E-state index in [1.165, 1.54) is 0 Å². The molecular weight excluding hydrogens is 274 g/mol. The van der Waals surface area contributed by atoms with E-state index >= 15 is 0 Å². The third kappa shape index (κ3) is 2.29. The van der Waals surface area contributed by atoms with Crippen molar-refractivity contribution in [2.24, 2.45) is 5.73 Å². The van der Waals surface area contributed by atoms with E-state index in [-0.39, 0.29) is 0 Å². The Kier molecular flexibility index (Phi) is 3.64. The summed E-state index contributed by atoms with van der Waals surface area (Å²) in [5, 5.41) is 3.27. The van der Waals surface area contributed by atoms with Crippen LogP contribution in [0.25, 0.3) is 6.08 Å². The lowest BCUT2D eigenvalue weighted by molar-refractivity contribution is 0.263. The number of fused-ring (bicyclic) bond motifs is 1. The second-order valence-corrected chi connectivity index (χ2v) is 7.14. The molecule has 2 aliphatic heterocycles. The highest BCUT2D eigenvalue weighted by Crippen LogP contribution is 2.35. The summed E-state index contributed by atoms with van der Waals surface area (Å²) >= 11 is 0. The van der Waals surface area contributed by atoms with Gasteiger partial charge < -0.3 is 11.1 Å². The molecule has 3 rings (SSSR count). The predicted octanol–water partition coefficient (Wildman–Crippen LogP) is 0.179. The molecule has 1 saturated heterocycles. The average molecular weight is 293 g/mol. The van der Waals surface area contributed by atoms with Gasteiger partial charge in [0.1, 0.15) is 0 Å². The topological polar surface area (TPSA) is 75.4 Å². The number of rotatable bonds is 3. The molecule has 2 aliphatic rings. The summed E-state index contributed by atoms with van der Waals surface area (Å²) in [5.41, 5.74) is 7.37. The van der Waals surface area contributed by atoms with Gasteiger partial charge in [-0.25, -0.2) is 8.42 Å². The Morgan fingerprint density at radius 3 is 2.70 bits per heavy atom. The van der Waals surface area contributed by atoms with Crippen LogP contribution in [0.15, 0.2) is 28.0 Å².